The summed E-state index contributed by atoms with van der Waals surface area (Å²) in [6, 6.07) is 0.289. The van der Waals surface area contributed by atoms with Gasteiger partial charge in [0.2, 0.25) is 0 Å². The fourth-order valence-corrected chi connectivity index (χ4v) is 3.46. The number of carbonyl (C=O) groups excluding carboxylic acids is 1. The smallest absolute Gasteiger partial charge is 0.265 e. The van der Waals surface area contributed by atoms with Crippen molar-refractivity contribution in [3.63, 3.8) is 0 Å². The molecule has 1 aromatic rings. The molecule has 5 nitrogen and oxygen atoms in total. The first-order valence-electron chi connectivity index (χ1n) is 7.11. The van der Waals surface area contributed by atoms with Gasteiger partial charge in [-0.05, 0) is 33.7 Å². The van der Waals surface area contributed by atoms with Crippen LogP contribution in [0.25, 0.3) is 0 Å². The van der Waals surface area contributed by atoms with Crippen molar-refractivity contribution in [2.24, 2.45) is 0 Å². The monoisotopic (exact) mass is 297 g/mol. The van der Waals surface area contributed by atoms with Crippen molar-refractivity contribution in [1.82, 2.24) is 15.2 Å². The molecule has 0 saturated carbocycles. The van der Waals surface area contributed by atoms with Crippen molar-refractivity contribution in [3.05, 3.63) is 15.6 Å². The number of carbonyl (C=O) groups is 1. The third-order valence-electron chi connectivity index (χ3n) is 3.67. The average molecular weight is 297 g/mol. The summed E-state index contributed by atoms with van der Waals surface area (Å²) >= 11 is 1.46. The van der Waals surface area contributed by atoms with Crippen molar-refractivity contribution >= 4 is 17.2 Å². The lowest BCUT2D eigenvalue weighted by molar-refractivity contribution is 0.0747. The minimum atomic E-state index is -0.0521. The molecular weight excluding hydrogens is 274 g/mol. The normalized spacial score (nSPS) is 20.1. The van der Waals surface area contributed by atoms with Crippen LogP contribution in [0.3, 0.4) is 0 Å². The predicted octanol–water partition coefficient (Wildman–Crippen LogP) is 1.98. The van der Waals surface area contributed by atoms with E-state index in [1.54, 1.807) is 0 Å². The van der Waals surface area contributed by atoms with Crippen molar-refractivity contribution in [2.45, 2.75) is 39.3 Å². The van der Waals surface area contributed by atoms with E-state index in [-0.39, 0.29) is 18.1 Å². The Morgan fingerprint density at radius 2 is 2.40 bits per heavy atom. The van der Waals surface area contributed by atoms with Gasteiger partial charge in [0.25, 0.3) is 5.91 Å². The zero-order valence-corrected chi connectivity index (χ0v) is 13.4. The third kappa shape index (κ3) is 3.19. The minimum Gasteiger partial charge on any atom is -0.372 e. The van der Waals surface area contributed by atoms with Crippen molar-refractivity contribution < 1.29 is 9.53 Å². The van der Waals surface area contributed by atoms with Crippen LogP contribution in [0.15, 0.2) is 0 Å². The van der Waals surface area contributed by atoms with Crippen LogP contribution in [0.1, 0.15) is 46.7 Å². The zero-order valence-electron chi connectivity index (χ0n) is 12.6. The summed E-state index contributed by atoms with van der Waals surface area (Å²) in [5, 5.41) is 4.17. The summed E-state index contributed by atoms with van der Waals surface area (Å²) in [6.07, 6.45) is 0.964. The predicted molar refractivity (Wildman–Crippen MR) is 80.3 cm³/mol. The Labute approximate surface area is 124 Å². The van der Waals surface area contributed by atoms with Gasteiger partial charge in [0.1, 0.15) is 16.0 Å². The molecule has 0 bridgehead atoms. The standard InChI is InChI=1S/C14H23N3O2S/c1-5-19-10(3)13-16-9(2)12(20-13)14(18)17(4)11-6-7-15-8-11/h10-11,15H,5-8H2,1-4H3. The van der Waals surface area contributed by atoms with Gasteiger partial charge in [-0.2, -0.15) is 0 Å². The van der Waals surface area contributed by atoms with E-state index in [1.807, 2.05) is 32.7 Å². The van der Waals surface area contributed by atoms with Gasteiger partial charge in [-0.1, -0.05) is 0 Å². The summed E-state index contributed by atoms with van der Waals surface area (Å²) in [6.45, 7) is 8.34. The van der Waals surface area contributed by atoms with Crippen molar-refractivity contribution in [2.75, 3.05) is 26.7 Å². The van der Waals surface area contributed by atoms with Crippen molar-refractivity contribution in [1.29, 1.82) is 0 Å². The molecule has 2 rings (SSSR count). The van der Waals surface area contributed by atoms with Crippen LogP contribution in [-0.2, 0) is 4.74 Å². The number of nitrogens with zero attached hydrogens (tertiary/aromatic N) is 2. The van der Waals surface area contributed by atoms with Gasteiger partial charge >= 0.3 is 0 Å². The van der Waals surface area contributed by atoms with Gasteiger partial charge in [-0.25, -0.2) is 4.98 Å². The molecule has 20 heavy (non-hydrogen) atoms. The summed E-state index contributed by atoms with van der Waals surface area (Å²) in [5.74, 6) is 0.0728. The summed E-state index contributed by atoms with van der Waals surface area (Å²) in [4.78, 5) is 19.6. The van der Waals surface area contributed by atoms with Gasteiger partial charge in [-0.3, -0.25) is 4.79 Å². The number of nitrogens with one attached hydrogen (secondary N) is 1. The molecule has 1 aliphatic rings. The van der Waals surface area contributed by atoms with E-state index < -0.39 is 0 Å². The average Bonchev–Trinajstić information content (AvgIpc) is 3.06. The zero-order chi connectivity index (χ0) is 14.7. The highest BCUT2D eigenvalue weighted by molar-refractivity contribution is 7.13. The van der Waals surface area contributed by atoms with E-state index in [4.69, 9.17) is 4.74 Å². The van der Waals surface area contributed by atoms with Crippen LogP contribution < -0.4 is 5.32 Å². The number of hydrogen-bond acceptors (Lipinski definition) is 5. The molecule has 1 aromatic heterocycles. The summed E-state index contributed by atoms with van der Waals surface area (Å²) in [7, 11) is 1.88. The van der Waals surface area contributed by atoms with Gasteiger partial charge < -0.3 is 15.0 Å². The van der Waals surface area contributed by atoms with Crippen molar-refractivity contribution in [3.8, 4) is 0 Å². The van der Waals surface area contributed by atoms with E-state index in [2.05, 4.69) is 10.3 Å². The number of thiazole rings is 1. The second-order valence-electron chi connectivity index (χ2n) is 5.13. The second kappa shape index (κ2) is 6.65. The van der Waals surface area contributed by atoms with Gasteiger partial charge in [0.15, 0.2) is 0 Å². The molecule has 6 heteroatoms. The molecule has 1 amide bonds. The molecule has 2 atom stereocenters. The van der Waals surface area contributed by atoms with Crippen LogP contribution in [0.2, 0.25) is 0 Å². The lowest BCUT2D eigenvalue weighted by atomic mass is 10.2. The number of amides is 1. The van der Waals surface area contributed by atoms with Crippen LogP contribution in [0.4, 0.5) is 0 Å². The lowest BCUT2D eigenvalue weighted by Gasteiger charge is -2.23. The molecule has 2 heterocycles. The summed E-state index contributed by atoms with van der Waals surface area (Å²) in [5.41, 5.74) is 0.805. The Morgan fingerprint density at radius 3 is 3.00 bits per heavy atom. The van der Waals surface area contributed by atoms with E-state index in [0.29, 0.717) is 6.61 Å². The fraction of sp³-hybridized carbons (Fsp3) is 0.714. The molecule has 1 N–H and O–H groups in total. The van der Waals surface area contributed by atoms with Gasteiger partial charge in [-0.15, -0.1) is 11.3 Å². The highest BCUT2D eigenvalue weighted by atomic mass is 32.1. The highest BCUT2D eigenvalue weighted by Crippen LogP contribution is 2.27. The maximum absolute atomic E-state index is 12.6. The molecule has 1 saturated heterocycles. The minimum absolute atomic E-state index is 0.0521. The molecule has 2 unspecified atom stereocenters. The molecule has 112 valence electrons. The lowest BCUT2D eigenvalue weighted by Crippen LogP contribution is -2.38. The van der Waals surface area contributed by atoms with Crippen LogP contribution in [-0.4, -0.2) is 48.6 Å². The largest absolute Gasteiger partial charge is 0.372 e. The first kappa shape index (κ1) is 15.4. The molecule has 1 aliphatic heterocycles. The Hall–Kier alpha value is -0.980. The maximum Gasteiger partial charge on any atom is 0.265 e. The molecule has 0 radical (unpaired) electrons. The Bertz CT molecular complexity index is 469. The number of aromatic nitrogens is 1. The highest BCUT2D eigenvalue weighted by Gasteiger charge is 2.27. The van der Waals surface area contributed by atoms with E-state index >= 15 is 0 Å². The first-order valence-corrected chi connectivity index (χ1v) is 7.93. The number of rotatable bonds is 5. The Kier molecular flexibility index (Phi) is 5.12. The van der Waals surface area contributed by atoms with Crippen LogP contribution in [0.5, 0.6) is 0 Å². The van der Waals surface area contributed by atoms with E-state index in [0.717, 1.165) is 35.1 Å². The van der Waals surface area contributed by atoms with Crippen LogP contribution >= 0.6 is 11.3 Å². The number of hydrogen-bond donors (Lipinski definition) is 1. The number of ether oxygens (including phenoxy) is 1. The molecular formula is C14H23N3O2S. The van der Waals surface area contributed by atoms with Gasteiger partial charge in [0, 0.05) is 26.2 Å². The molecule has 0 spiro atoms. The first-order chi connectivity index (χ1) is 9.54. The Morgan fingerprint density at radius 1 is 1.65 bits per heavy atom. The molecule has 1 fully saturated rings. The number of likely N-dealkylation sites (N-methyl/N-ethyl adjacent to an activating group) is 1. The molecule has 0 aliphatic carbocycles. The van der Waals surface area contributed by atoms with E-state index in [9.17, 15) is 4.79 Å². The number of aryl methyl sites for hydroxylation is 1. The quantitative estimate of drug-likeness (QED) is 0.903. The molecule has 0 aromatic carbocycles. The fourth-order valence-electron chi connectivity index (χ4n) is 2.41. The second-order valence-corrected chi connectivity index (χ2v) is 6.16. The van der Waals surface area contributed by atoms with E-state index in [1.165, 1.54) is 11.3 Å². The maximum atomic E-state index is 12.6. The topological polar surface area (TPSA) is 54.5 Å². The van der Waals surface area contributed by atoms with Crippen LogP contribution in [0, 0.1) is 6.92 Å². The van der Waals surface area contributed by atoms with Gasteiger partial charge in [0.05, 0.1) is 5.69 Å². The SMILES string of the molecule is CCOC(C)c1nc(C)c(C(=O)N(C)C2CCNC2)s1. The third-order valence-corrected chi connectivity index (χ3v) is 4.98. The Balaban J connectivity index is 2.13. The summed E-state index contributed by atoms with van der Waals surface area (Å²) < 4.78 is 5.55.